The second-order valence-electron chi connectivity index (χ2n) is 5.54. The van der Waals surface area contributed by atoms with Gasteiger partial charge in [-0.25, -0.2) is 0 Å². The fourth-order valence-electron chi connectivity index (χ4n) is 2.29. The Hall–Kier alpha value is -3.27. The normalized spacial score (nSPS) is 10.1. The minimum absolute atomic E-state index is 0.0346. The number of hydrogen-bond acceptors (Lipinski definition) is 3. The quantitative estimate of drug-likeness (QED) is 0.704. The van der Waals surface area contributed by atoms with Gasteiger partial charge in [-0.3, -0.25) is 4.79 Å². The number of amides is 1. The van der Waals surface area contributed by atoms with E-state index >= 15 is 0 Å². The maximum Gasteiger partial charge on any atom is 0.262 e. The molecule has 1 amide bonds. The lowest BCUT2D eigenvalue weighted by Gasteiger charge is -2.10. The molecule has 0 unspecified atom stereocenters. The lowest BCUT2D eigenvalue weighted by molar-refractivity contribution is -0.118. The predicted octanol–water partition coefficient (Wildman–Crippen LogP) is 4.80. The second kappa shape index (κ2) is 8.02. The van der Waals surface area contributed by atoms with Gasteiger partial charge in [0.15, 0.2) is 6.61 Å². The second-order valence-corrected chi connectivity index (χ2v) is 5.54. The van der Waals surface area contributed by atoms with Crippen molar-refractivity contribution in [2.75, 3.05) is 11.9 Å². The molecule has 1 N–H and O–H groups in total. The molecule has 0 aromatic heterocycles. The maximum atomic E-state index is 12.0. The van der Waals surface area contributed by atoms with Gasteiger partial charge in [0.1, 0.15) is 17.2 Å². The van der Waals surface area contributed by atoms with Crippen LogP contribution in [0.1, 0.15) is 5.56 Å². The van der Waals surface area contributed by atoms with E-state index in [0.29, 0.717) is 17.2 Å². The van der Waals surface area contributed by atoms with E-state index in [1.807, 2.05) is 73.7 Å². The number of para-hydroxylation sites is 2. The molecular weight excluding hydrogens is 314 g/mol. The van der Waals surface area contributed by atoms with Crippen molar-refractivity contribution in [1.82, 2.24) is 0 Å². The van der Waals surface area contributed by atoms with E-state index in [1.54, 1.807) is 12.1 Å². The molecule has 4 heteroatoms. The zero-order valence-corrected chi connectivity index (χ0v) is 13.9. The van der Waals surface area contributed by atoms with Crippen molar-refractivity contribution in [2.24, 2.45) is 0 Å². The number of anilines is 1. The Balaban J connectivity index is 1.52. The summed E-state index contributed by atoms with van der Waals surface area (Å²) in [4.78, 5) is 12.0. The molecule has 0 fully saturated rings. The number of aryl methyl sites for hydroxylation is 1. The largest absolute Gasteiger partial charge is 0.483 e. The van der Waals surface area contributed by atoms with Crippen molar-refractivity contribution in [3.05, 3.63) is 84.4 Å². The van der Waals surface area contributed by atoms with E-state index in [1.165, 1.54) is 0 Å². The van der Waals surface area contributed by atoms with Crippen molar-refractivity contribution in [1.29, 1.82) is 0 Å². The SMILES string of the molecule is Cc1ccccc1OCC(=O)Nc1ccc(Oc2ccccc2)cc1. The highest BCUT2D eigenvalue weighted by molar-refractivity contribution is 5.91. The average molecular weight is 333 g/mol. The van der Waals surface area contributed by atoms with Crippen LogP contribution in [0, 0.1) is 6.92 Å². The molecule has 0 bridgehead atoms. The van der Waals surface area contributed by atoms with Gasteiger partial charge in [0.25, 0.3) is 5.91 Å². The molecule has 0 spiro atoms. The lowest BCUT2D eigenvalue weighted by Crippen LogP contribution is -2.20. The van der Waals surface area contributed by atoms with Crippen molar-refractivity contribution in [3.63, 3.8) is 0 Å². The van der Waals surface area contributed by atoms with Crippen LogP contribution in [0.15, 0.2) is 78.9 Å². The van der Waals surface area contributed by atoms with Gasteiger partial charge in [0, 0.05) is 5.69 Å². The third kappa shape index (κ3) is 4.85. The molecule has 0 radical (unpaired) electrons. The Morgan fingerprint density at radius 2 is 1.48 bits per heavy atom. The van der Waals surface area contributed by atoms with Crippen molar-refractivity contribution in [2.45, 2.75) is 6.92 Å². The molecule has 3 aromatic carbocycles. The molecule has 3 aromatic rings. The number of rotatable bonds is 6. The molecule has 25 heavy (non-hydrogen) atoms. The first-order valence-electron chi connectivity index (χ1n) is 8.02. The predicted molar refractivity (Wildman–Crippen MR) is 98.3 cm³/mol. The third-order valence-corrected chi connectivity index (χ3v) is 3.57. The van der Waals surface area contributed by atoms with Gasteiger partial charge in [0.05, 0.1) is 0 Å². The first-order valence-corrected chi connectivity index (χ1v) is 8.02. The van der Waals surface area contributed by atoms with Crippen LogP contribution >= 0.6 is 0 Å². The maximum absolute atomic E-state index is 12.0. The zero-order chi connectivity index (χ0) is 17.5. The molecular formula is C21H19NO3. The van der Waals surface area contributed by atoms with Gasteiger partial charge in [-0.15, -0.1) is 0 Å². The minimum atomic E-state index is -0.208. The highest BCUT2D eigenvalue weighted by Gasteiger charge is 2.05. The summed E-state index contributed by atoms with van der Waals surface area (Å²) >= 11 is 0. The van der Waals surface area contributed by atoms with Crippen LogP contribution in [-0.2, 0) is 4.79 Å². The van der Waals surface area contributed by atoms with E-state index in [9.17, 15) is 4.79 Å². The lowest BCUT2D eigenvalue weighted by atomic mass is 10.2. The summed E-state index contributed by atoms with van der Waals surface area (Å²) in [6, 6.07) is 24.4. The highest BCUT2D eigenvalue weighted by Crippen LogP contribution is 2.22. The number of nitrogens with one attached hydrogen (secondary N) is 1. The molecule has 3 rings (SSSR count). The Labute approximate surface area is 147 Å². The third-order valence-electron chi connectivity index (χ3n) is 3.57. The van der Waals surface area contributed by atoms with Gasteiger partial charge < -0.3 is 14.8 Å². The van der Waals surface area contributed by atoms with Gasteiger partial charge in [0.2, 0.25) is 0 Å². The first kappa shape index (κ1) is 16.6. The summed E-state index contributed by atoms with van der Waals surface area (Å²) in [6.45, 7) is 1.91. The van der Waals surface area contributed by atoms with Gasteiger partial charge >= 0.3 is 0 Å². The van der Waals surface area contributed by atoms with Crippen LogP contribution < -0.4 is 14.8 Å². The van der Waals surface area contributed by atoms with Crippen molar-refractivity contribution >= 4 is 11.6 Å². The topological polar surface area (TPSA) is 47.6 Å². The fourth-order valence-corrected chi connectivity index (χ4v) is 2.29. The number of benzene rings is 3. The number of carbonyl (C=O) groups is 1. The van der Waals surface area contributed by atoms with E-state index in [2.05, 4.69) is 5.32 Å². The molecule has 0 heterocycles. The minimum Gasteiger partial charge on any atom is -0.483 e. The Morgan fingerprint density at radius 1 is 0.840 bits per heavy atom. The molecule has 126 valence electrons. The van der Waals surface area contributed by atoms with Crippen LogP contribution in [0.4, 0.5) is 5.69 Å². The first-order chi connectivity index (χ1) is 12.2. The molecule has 0 aliphatic carbocycles. The average Bonchev–Trinajstić information content (AvgIpc) is 2.64. The van der Waals surface area contributed by atoms with Crippen LogP contribution in [0.25, 0.3) is 0 Å². The summed E-state index contributed by atoms with van der Waals surface area (Å²) in [5.74, 6) is 1.98. The Kier molecular flexibility index (Phi) is 5.32. The zero-order valence-electron chi connectivity index (χ0n) is 13.9. The number of hydrogen-bond donors (Lipinski definition) is 1. The van der Waals surface area contributed by atoms with Gasteiger partial charge in [-0.05, 0) is 55.0 Å². The van der Waals surface area contributed by atoms with Crippen molar-refractivity contribution < 1.29 is 14.3 Å². The van der Waals surface area contributed by atoms with Crippen LogP contribution in [0.3, 0.4) is 0 Å². The van der Waals surface area contributed by atoms with Crippen LogP contribution in [0.5, 0.6) is 17.2 Å². The monoisotopic (exact) mass is 333 g/mol. The van der Waals surface area contributed by atoms with Gasteiger partial charge in [-0.2, -0.15) is 0 Å². The smallest absolute Gasteiger partial charge is 0.262 e. The summed E-state index contributed by atoms with van der Waals surface area (Å²) in [5.41, 5.74) is 1.69. The molecule has 0 saturated heterocycles. The highest BCUT2D eigenvalue weighted by atomic mass is 16.5. The van der Waals surface area contributed by atoms with E-state index in [0.717, 1.165) is 11.3 Å². The fraction of sp³-hybridized carbons (Fsp3) is 0.0952. The molecule has 0 atom stereocenters. The number of ether oxygens (including phenoxy) is 2. The summed E-state index contributed by atoms with van der Waals surface area (Å²) in [6.07, 6.45) is 0. The van der Waals surface area contributed by atoms with Crippen LogP contribution in [0.2, 0.25) is 0 Å². The van der Waals surface area contributed by atoms with E-state index in [4.69, 9.17) is 9.47 Å². The van der Waals surface area contributed by atoms with Crippen LogP contribution in [-0.4, -0.2) is 12.5 Å². The van der Waals surface area contributed by atoms with E-state index in [-0.39, 0.29) is 12.5 Å². The summed E-state index contributed by atoms with van der Waals surface area (Å²) < 4.78 is 11.3. The summed E-state index contributed by atoms with van der Waals surface area (Å²) in [7, 11) is 0. The number of carbonyl (C=O) groups excluding carboxylic acids is 1. The standard InChI is InChI=1S/C21H19NO3/c1-16-7-5-6-10-20(16)24-15-21(23)22-17-11-13-19(14-12-17)25-18-8-3-2-4-9-18/h2-14H,15H2,1H3,(H,22,23). The van der Waals surface area contributed by atoms with Gasteiger partial charge in [-0.1, -0.05) is 36.4 Å². The van der Waals surface area contributed by atoms with E-state index < -0.39 is 0 Å². The molecule has 0 aliphatic rings. The molecule has 4 nitrogen and oxygen atoms in total. The Morgan fingerprint density at radius 3 is 2.20 bits per heavy atom. The Bertz CT molecular complexity index is 829. The molecule has 0 aliphatic heterocycles. The molecule has 0 saturated carbocycles. The summed E-state index contributed by atoms with van der Waals surface area (Å²) in [5, 5.41) is 2.80. The van der Waals surface area contributed by atoms with Crippen molar-refractivity contribution in [3.8, 4) is 17.2 Å².